The predicted molar refractivity (Wildman–Crippen MR) is 79.7 cm³/mol. The Morgan fingerprint density at radius 1 is 1.33 bits per heavy atom. The van der Waals surface area contributed by atoms with Crippen molar-refractivity contribution < 1.29 is 23.1 Å². The predicted octanol–water partition coefficient (Wildman–Crippen LogP) is 2.45. The Hall–Kier alpha value is -0.780. The van der Waals surface area contributed by atoms with Gasteiger partial charge in [0.1, 0.15) is 5.82 Å². The van der Waals surface area contributed by atoms with Crippen LogP contribution in [0.5, 0.6) is 0 Å². The summed E-state index contributed by atoms with van der Waals surface area (Å²) in [6, 6.07) is 4.49. The normalized spacial score (nSPS) is 13.4. The minimum Gasteiger partial charge on any atom is -0.392 e. The average molecular weight is 319 g/mol. The number of benzene rings is 1. The summed E-state index contributed by atoms with van der Waals surface area (Å²) in [5, 5.41) is 10.1. The molecule has 3 N–H and O–H groups in total. The molecule has 0 aliphatic carbocycles. The Morgan fingerprint density at radius 3 is 2.48 bits per heavy atom. The quantitative estimate of drug-likeness (QED) is 0.683. The van der Waals surface area contributed by atoms with E-state index in [9.17, 15) is 14.1 Å². The van der Waals surface area contributed by atoms with Crippen molar-refractivity contribution in [1.82, 2.24) is 0 Å². The molecule has 0 aliphatic heterocycles. The summed E-state index contributed by atoms with van der Waals surface area (Å²) in [5.74, 6) is -0.370. The van der Waals surface area contributed by atoms with Gasteiger partial charge < -0.3 is 19.9 Å². The van der Waals surface area contributed by atoms with Crippen LogP contribution < -0.4 is 5.73 Å². The summed E-state index contributed by atoms with van der Waals surface area (Å²) in [7, 11) is -3.29. The smallest absolute Gasteiger partial charge is 0.333 e. The molecular weight excluding hydrogens is 296 g/mol. The Labute approximate surface area is 124 Å². The van der Waals surface area contributed by atoms with Gasteiger partial charge in [0, 0.05) is 12.1 Å². The third-order valence-corrected chi connectivity index (χ3v) is 5.06. The van der Waals surface area contributed by atoms with Crippen LogP contribution >= 0.6 is 7.60 Å². The van der Waals surface area contributed by atoms with Crippen LogP contribution in [0.2, 0.25) is 0 Å². The van der Waals surface area contributed by atoms with Crippen molar-refractivity contribution in [3.63, 3.8) is 0 Å². The molecule has 1 aromatic carbocycles. The van der Waals surface area contributed by atoms with Crippen molar-refractivity contribution in [1.29, 1.82) is 0 Å². The zero-order valence-corrected chi connectivity index (χ0v) is 13.3. The monoisotopic (exact) mass is 319 g/mol. The molecule has 0 bridgehead atoms. The molecule has 1 atom stereocenters. The molecule has 0 spiro atoms. The lowest BCUT2D eigenvalue weighted by Gasteiger charge is -2.20. The summed E-state index contributed by atoms with van der Waals surface area (Å²) < 4.78 is 35.9. The van der Waals surface area contributed by atoms with Crippen LogP contribution in [0.3, 0.4) is 0 Å². The van der Waals surface area contributed by atoms with Crippen molar-refractivity contribution in [2.45, 2.75) is 32.9 Å². The van der Waals surface area contributed by atoms with Gasteiger partial charge in [0.2, 0.25) is 0 Å². The number of hydrogen-bond acceptors (Lipinski definition) is 5. The number of halogens is 1. The van der Waals surface area contributed by atoms with E-state index >= 15 is 0 Å². The Bertz CT molecular complexity index is 488. The van der Waals surface area contributed by atoms with Crippen LogP contribution in [-0.2, 0) is 26.6 Å². The van der Waals surface area contributed by atoms with Crippen LogP contribution in [0.25, 0.3) is 0 Å². The van der Waals surface area contributed by atoms with E-state index in [0.29, 0.717) is 5.56 Å². The van der Waals surface area contributed by atoms with E-state index in [4.69, 9.17) is 14.8 Å². The topological polar surface area (TPSA) is 81.8 Å². The SMILES string of the molecule is CCOP(=O)(CC(O)Cc1ccc(F)c(CN)c1)OCC. The first-order valence-electron chi connectivity index (χ1n) is 6.97. The Morgan fingerprint density at radius 2 is 1.95 bits per heavy atom. The van der Waals surface area contributed by atoms with Gasteiger partial charge in [-0.25, -0.2) is 4.39 Å². The fourth-order valence-corrected chi connectivity index (χ4v) is 3.76. The van der Waals surface area contributed by atoms with Gasteiger partial charge in [0.25, 0.3) is 0 Å². The molecule has 21 heavy (non-hydrogen) atoms. The molecule has 5 nitrogen and oxygen atoms in total. The van der Waals surface area contributed by atoms with Gasteiger partial charge >= 0.3 is 7.60 Å². The van der Waals surface area contributed by atoms with Crippen molar-refractivity contribution in [3.05, 3.63) is 35.1 Å². The third kappa shape index (κ3) is 5.85. The van der Waals surface area contributed by atoms with Crippen LogP contribution in [0.4, 0.5) is 4.39 Å². The minimum absolute atomic E-state index is 0.0894. The highest BCUT2D eigenvalue weighted by Crippen LogP contribution is 2.48. The number of rotatable bonds is 9. The van der Waals surface area contributed by atoms with Gasteiger partial charge in [-0.15, -0.1) is 0 Å². The first-order valence-corrected chi connectivity index (χ1v) is 8.70. The molecule has 0 amide bonds. The molecule has 0 saturated carbocycles. The van der Waals surface area contributed by atoms with Crippen LogP contribution in [0, 0.1) is 5.82 Å². The maximum absolute atomic E-state index is 13.4. The first-order chi connectivity index (χ1) is 9.94. The number of hydrogen-bond donors (Lipinski definition) is 2. The lowest BCUT2D eigenvalue weighted by atomic mass is 10.1. The summed E-state index contributed by atoms with van der Waals surface area (Å²) in [6.07, 6.45) is -0.758. The van der Waals surface area contributed by atoms with Crippen LogP contribution in [0.1, 0.15) is 25.0 Å². The molecule has 1 rings (SSSR count). The van der Waals surface area contributed by atoms with E-state index in [-0.39, 0.29) is 38.2 Å². The van der Waals surface area contributed by atoms with E-state index in [1.807, 2.05) is 0 Å². The highest BCUT2D eigenvalue weighted by atomic mass is 31.2. The number of aliphatic hydroxyl groups excluding tert-OH is 1. The largest absolute Gasteiger partial charge is 0.392 e. The molecule has 120 valence electrons. The van der Waals surface area contributed by atoms with E-state index < -0.39 is 13.7 Å². The molecule has 0 fully saturated rings. The molecule has 0 radical (unpaired) electrons. The number of aliphatic hydroxyl groups is 1. The minimum atomic E-state index is -3.29. The van der Waals surface area contributed by atoms with Crippen molar-refractivity contribution >= 4 is 7.60 Å². The van der Waals surface area contributed by atoms with E-state index in [2.05, 4.69) is 0 Å². The zero-order valence-electron chi connectivity index (χ0n) is 12.4. The molecule has 7 heteroatoms. The molecule has 0 aliphatic rings. The van der Waals surface area contributed by atoms with Crippen molar-refractivity contribution in [2.24, 2.45) is 5.73 Å². The van der Waals surface area contributed by atoms with Gasteiger partial charge in [-0.2, -0.15) is 0 Å². The second kappa shape index (κ2) is 8.61. The van der Waals surface area contributed by atoms with Crippen molar-refractivity contribution in [3.8, 4) is 0 Å². The lowest BCUT2D eigenvalue weighted by Crippen LogP contribution is -2.18. The molecular formula is C14H23FNO4P. The first kappa shape index (κ1) is 18.3. The van der Waals surface area contributed by atoms with Gasteiger partial charge in [-0.3, -0.25) is 4.57 Å². The summed E-state index contributed by atoms with van der Waals surface area (Å²) in [4.78, 5) is 0. The zero-order chi connectivity index (χ0) is 15.9. The van der Waals surface area contributed by atoms with Gasteiger partial charge in [0.15, 0.2) is 0 Å². The van der Waals surface area contributed by atoms with Gasteiger partial charge in [0.05, 0.1) is 25.5 Å². The fourth-order valence-electron chi connectivity index (χ4n) is 2.04. The van der Waals surface area contributed by atoms with Gasteiger partial charge in [-0.1, -0.05) is 12.1 Å². The average Bonchev–Trinajstić information content (AvgIpc) is 2.41. The molecule has 1 unspecified atom stereocenters. The Kier molecular flexibility index (Phi) is 7.49. The fraction of sp³-hybridized carbons (Fsp3) is 0.571. The highest BCUT2D eigenvalue weighted by Gasteiger charge is 2.27. The van der Waals surface area contributed by atoms with Crippen molar-refractivity contribution in [2.75, 3.05) is 19.4 Å². The molecule has 0 heterocycles. The second-order valence-corrected chi connectivity index (χ2v) is 6.72. The molecule has 1 aromatic rings. The maximum atomic E-state index is 13.4. The van der Waals surface area contributed by atoms with Crippen LogP contribution in [0.15, 0.2) is 18.2 Å². The van der Waals surface area contributed by atoms with Crippen LogP contribution in [-0.4, -0.2) is 30.6 Å². The number of nitrogens with two attached hydrogens (primary N) is 1. The Balaban J connectivity index is 2.71. The standard InChI is InChI=1S/C14H23FNO4P/c1-3-19-21(18,20-4-2)10-13(17)8-11-5-6-14(15)12(7-11)9-16/h5-7,13,17H,3-4,8-10,16H2,1-2H3. The third-order valence-electron chi connectivity index (χ3n) is 2.89. The van der Waals surface area contributed by atoms with E-state index in [1.165, 1.54) is 6.07 Å². The highest BCUT2D eigenvalue weighted by molar-refractivity contribution is 7.53. The summed E-state index contributed by atoms with van der Waals surface area (Å²) in [5.41, 5.74) is 6.56. The maximum Gasteiger partial charge on any atom is 0.333 e. The summed E-state index contributed by atoms with van der Waals surface area (Å²) in [6.45, 7) is 4.01. The van der Waals surface area contributed by atoms with E-state index in [0.717, 1.165) is 5.56 Å². The molecule has 0 saturated heterocycles. The van der Waals surface area contributed by atoms with E-state index in [1.54, 1.807) is 26.0 Å². The molecule has 0 aromatic heterocycles. The lowest BCUT2D eigenvalue weighted by molar-refractivity contribution is 0.169. The summed E-state index contributed by atoms with van der Waals surface area (Å²) >= 11 is 0. The second-order valence-electron chi connectivity index (χ2n) is 4.62. The van der Waals surface area contributed by atoms with Gasteiger partial charge in [-0.05, 0) is 31.9 Å².